The molecule has 0 amide bonds. The summed E-state index contributed by atoms with van der Waals surface area (Å²) in [5.74, 6) is 0.405. The van der Waals surface area contributed by atoms with Crippen LogP contribution in [0.1, 0.15) is 11.1 Å². The van der Waals surface area contributed by atoms with Crippen molar-refractivity contribution in [1.29, 1.82) is 5.26 Å². The maximum absolute atomic E-state index is 12.8. The van der Waals surface area contributed by atoms with Gasteiger partial charge in [0, 0.05) is 6.54 Å². The van der Waals surface area contributed by atoms with Crippen LogP contribution in [0.15, 0.2) is 42.5 Å². The van der Waals surface area contributed by atoms with Gasteiger partial charge >= 0.3 is 0 Å². The Kier molecular flexibility index (Phi) is 3.52. The Bertz CT molecular complexity index is 799. The number of nitrogens with one attached hydrogen (secondary N) is 2. The highest BCUT2D eigenvalue weighted by Gasteiger charge is 2.06. The third-order valence-electron chi connectivity index (χ3n) is 3.25. The second-order valence-corrected chi connectivity index (χ2v) is 4.70. The van der Waals surface area contributed by atoms with E-state index in [1.54, 1.807) is 18.2 Å². The van der Waals surface area contributed by atoms with Crippen LogP contribution in [-0.2, 0) is 6.42 Å². The van der Waals surface area contributed by atoms with Crippen LogP contribution >= 0.6 is 0 Å². The third kappa shape index (κ3) is 2.84. The Hall–Kier alpha value is -2.87. The van der Waals surface area contributed by atoms with Gasteiger partial charge < -0.3 is 10.3 Å². The molecule has 0 aliphatic carbocycles. The molecule has 5 heteroatoms. The topological polar surface area (TPSA) is 64.5 Å². The normalized spacial score (nSPS) is 10.5. The summed E-state index contributed by atoms with van der Waals surface area (Å²) in [7, 11) is 0. The highest BCUT2D eigenvalue weighted by molar-refractivity contribution is 5.83. The lowest BCUT2D eigenvalue weighted by molar-refractivity contribution is 0.627. The Labute approximate surface area is 121 Å². The van der Waals surface area contributed by atoms with E-state index < -0.39 is 0 Å². The van der Waals surface area contributed by atoms with E-state index in [0.29, 0.717) is 23.6 Å². The standard InChI is InChI=1S/C16H13FN4/c17-13-6-4-11(5-7-13)8-9-19-16-20-14-3-1-2-12(10-18)15(14)21-16/h1-7H,8-9H2,(H2,19,20,21). The van der Waals surface area contributed by atoms with Crippen molar-refractivity contribution in [3.8, 4) is 6.07 Å². The predicted molar refractivity (Wildman–Crippen MR) is 79.4 cm³/mol. The monoisotopic (exact) mass is 280 g/mol. The van der Waals surface area contributed by atoms with Crippen molar-refractivity contribution in [3.63, 3.8) is 0 Å². The van der Waals surface area contributed by atoms with Gasteiger partial charge in [-0.1, -0.05) is 18.2 Å². The number of para-hydroxylation sites is 1. The molecule has 21 heavy (non-hydrogen) atoms. The molecule has 0 saturated carbocycles. The molecular weight excluding hydrogens is 267 g/mol. The lowest BCUT2D eigenvalue weighted by atomic mass is 10.1. The minimum atomic E-state index is -0.229. The predicted octanol–water partition coefficient (Wildman–Crippen LogP) is 3.23. The number of H-pyrrole nitrogens is 1. The number of benzene rings is 2. The van der Waals surface area contributed by atoms with Gasteiger partial charge in [0.15, 0.2) is 0 Å². The Balaban J connectivity index is 1.68. The molecule has 1 aromatic heterocycles. The number of anilines is 1. The zero-order valence-electron chi connectivity index (χ0n) is 11.2. The lowest BCUT2D eigenvalue weighted by Gasteiger charge is -2.02. The molecule has 0 spiro atoms. The largest absolute Gasteiger partial charge is 0.355 e. The SMILES string of the molecule is N#Cc1cccc2[nH]c(NCCc3ccc(F)cc3)nc12. The van der Waals surface area contributed by atoms with E-state index >= 15 is 0 Å². The number of aromatic amines is 1. The van der Waals surface area contributed by atoms with Crippen molar-refractivity contribution in [2.24, 2.45) is 0 Å². The number of halogens is 1. The van der Waals surface area contributed by atoms with Gasteiger partial charge in [-0.25, -0.2) is 9.37 Å². The molecule has 0 unspecified atom stereocenters. The van der Waals surface area contributed by atoms with Gasteiger partial charge in [-0.2, -0.15) is 5.26 Å². The maximum Gasteiger partial charge on any atom is 0.201 e. The van der Waals surface area contributed by atoms with Crippen LogP contribution in [0, 0.1) is 17.1 Å². The average Bonchev–Trinajstić information content (AvgIpc) is 2.92. The Morgan fingerprint density at radius 3 is 2.76 bits per heavy atom. The van der Waals surface area contributed by atoms with Gasteiger partial charge in [-0.3, -0.25) is 0 Å². The number of nitriles is 1. The minimum absolute atomic E-state index is 0.229. The van der Waals surface area contributed by atoms with Crippen LogP contribution < -0.4 is 5.32 Å². The zero-order valence-corrected chi connectivity index (χ0v) is 11.2. The van der Waals surface area contributed by atoms with Gasteiger partial charge in [0.25, 0.3) is 0 Å². The fourth-order valence-electron chi connectivity index (χ4n) is 2.18. The fraction of sp³-hybridized carbons (Fsp3) is 0.125. The second kappa shape index (κ2) is 5.63. The molecule has 0 fully saturated rings. The van der Waals surface area contributed by atoms with Crippen molar-refractivity contribution >= 4 is 17.0 Å². The minimum Gasteiger partial charge on any atom is -0.355 e. The van der Waals surface area contributed by atoms with E-state index in [4.69, 9.17) is 5.26 Å². The molecule has 4 nitrogen and oxygen atoms in total. The van der Waals surface area contributed by atoms with Crippen LogP contribution in [0.4, 0.5) is 10.3 Å². The van der Waals surface area contributed by atoms with Gasteiger partial charge in [-0.15, -0.1) is 0 Å². The van der Waals surface area contributed by atoms with E-state index in [2.05, 4.69) is 21.4 Å². The first-order valence-electron chi connectivity index (χ1n) is 6.63. The van der Waals surface area contributed by atoms with Gasteiger partial charge in [0.2, 0.25) is 5.95 Å². The molecule has 3 aromatic rings. The van der Waals surface area contributed by atoms with Gasteiger partial charge in [-0.05, 0) is 36.2 Å². The molecule has 2 N–H and O–H groups in total. The van der Waals surface area contributed by atoms with E-state index in [1.165, 1.54) is 12.1 Å². The zero-order chi connectivity index (χ0) is 14.7. The van der Waals surface area contributed by atoms with Gasteiger partial charge in [0.1, 0.15) is 17.4 Å². The second-order valence-electron chi connectivity index (χ2n) is 4.70. The van der Waals surface area contributed by atoms with Crippen molar-refractivity contribution in [2.75, 3.05) is 11.9 Å². The Morgan fingerprint density at radius 2 is 2.00 bits per heavy atom. The van der Waals surface area contributed by atoms with Crippen LogP contribution in [0.25, 0.3) is 11.0 Å². The molecule has 1 heterocycles. The first-order chi connectivity index (χ1) is 10.3. The summed E-state index contributed by atoms with van der Waals surface area (Å²) in [6, 6.07) is 14.0. The summed E-state index contributed by atoms with van der Waals surface area (Å²) in [6.07, 6.45) is 0.766. The van der Waals surface area contributed by atoms with E-state index in [9.17, 15) is 4.39 Å². The molecule has 0 aliphatic rings. The molecule has 0 atom stereocenters. The van der Waals surface area contributed by atoms with E-state index in [1.807, 2.05) is 12.1 Å². The highest BCUT2D eigenvalue weighted by Crippen LogP contribution is 2.17. The average molecular weight is 280 g/mol. The lowest BCUT2D eigenvalue weighted by Crippen LogP contribution is -2.06. The molecule has 0 radical (unpaired) electrons. The smallest absolute Gasteiger partial charge is 0.201 e. The molecule has 3 rings (SSSR count). The first kappa shape index (κ1) is 13.1. The summed E-state index contributed by atoms with van der Waals surface area (Å²) in [5.41, 5.74) is 3.11. The fourth-order valence-corrected chi connectivity index (χ4v) is 2.18. The van der Waals surface area contributed by atoms with Crippen molar-refractivity contribution < 1.29 is 4.39 Å². The summed E-state index contributed by atoms with van der Waals surface area (Å²) >= 11 is 0. The first-order valence-corrected chi connectivity index (χ1v) is 6.63. The number of aromatic nitrogens is 2. The number of imidazole rings is 1. The van der Waals surface area contributed by atoms with Crippen LogP contribution in [-0.4, -0.2) is 16.5 Å². The summed E-state index contributed by atoms with van der Waals surface area (Å²) in [4.78, 5) is 7.51. The highest BCUT2D eigenvalue weighted by atomic mass is 19.1. The van der Waals surface area contributed by atoms with Crippen LogP contribution in [0.2, 0.25) is 0 Å². The molecule has 2 aromatic carbocycles. The molecule has 0 aliphatic heterocycles. The van der Waals surface area contributed by atoms with Crippen molar-refractivity contribution in [1.82, 2.24) is 9.97 Å². The van der Waals surface area contributed by atoms with Crippen molar-refractivity contribution in [3.05, 3.63) is 59.4 Å². The molecule has 0 saturated heterocycles. The summed E-state index contributed by atoms with van der Waals surface area (Å²) in [6.45, 7) is 0.674. The van der Waals surface area contributed by atoms with Crippen molar-refractivity contribution in [2.45, 2.75) is 6.42 Å². The molecule has 104 valence electrons. The van der Waals surface area contributed by atoms with Gasteiger partial charge in [0.05, 0.1) is 11.1 Å². The maximum atomic E-state index is 12.8. The molecule has 0 bridgehead atoms. The molecular formula is C16H13FN4. The van der Waals surface area contributed by atoms with E-state index in [-0.39, 0.29) is 5.82 Å². The van der Waals surface area contributed by atoms with Crippen LogP contribution in [0.3, 0.4) is 0 Å². The number of hydrogen-bond donors (Lipinski definition) is 2. The third-order valence-corrected chi connectivity index (χ3v) is 3.25. The van der Waals surface area contributed by atoms with E-state index in [0.717, 1.165) is 17.5 Å². The number of rotatable bonds is 4. The number of hydrogen-bond acceptors (Lipinski definition) is 3. The number of nitrogens with zero attached hydrogens (tertiary/aromatic N) is 2. The van der Waals surface area contributed by atoms with Crippen LogP contribution in [0.5, 0.6) is 0 Å². The quantitative estimate of drug-likeness (QED) is 0.771. The number of fused-ring (bicyclic) bond motifs is 1. The summed E-state index contributed by atoms with van der Waals surface area (Å²) < 4.78 is 12.8. The summed E-state index contributed by atoms with van der Waals surface area (Å²) in [5, 5.41) is 12.2. The Morgan fingerprint density at radius 1 is 1.19 bits per heavy atom.